The topological polar surface area (TPSA) is 64.4 Å². The van der Waals surface area contributed by atoms with Gasteiger partial charge in [-0.3, -0.25) is 10.1 Å². The van der Waals surface area contributed by atoms with Gasteiger partial charge in [0, 0.05) is 12.0 Å². The van der Waals surface area contributed by atoms with E-state index in [9.17, 15) is 10.1 Å². The van der Waals surface area contributed by atoms with Gasteiger partial charge in [0.05, 0.1) is 23.3 Å². The molecular weight excluding hydrogens is 352 g/mol. The zero-order valence-corrected chi connectivity index (χ0v) is 15.1. The van der Waals surface area contributed by atoms with E-state index in [-0.39, 0.29) is 22.7 Å². The number of fused-ring (bicyclic) bond motifs is 3. The maximum Gasteiger partial charge on any atom is 0.288 e. The summed E-state index contributed by atoms with van der Waals surface area (Å²) in [5.41, 5.74) is 3.01. The molecule has 6 heteroatoms. The highest BCUT2D eigenvalue weighted by molar-refractivity contribution is 6.32. The van der Waals surface area contributed by atoms with E-state index < -0.39 is 4.92 Å². The number of nitro groups is 1. The Morgan fingerprint density at radius 3 is 2.96 bits per heavy atom. The van der Waals surface area contributed by atoms with E-state index in [1.54, 1.807) is 12.1 Å². The molecule has 0 unspecified atom stereocenters. The van der Waals surface area contributed by atoms with Crippen LogP contribution in [-0.4, -0.2) is 11.5 Å². The minimum atomic E-state index is -0.432. The largest absolute Gasteiger partial charge is 0.492 e. The molecule has 0 saturated heterocycles. The van der Waals surface area contributed by atoms with Crippen molar-refractivity contribution in [3.05, 3.63) is 74.8 Å². The van der Waals surface area contributed by atoms with Crippen LogP contribution in [0, 0.1) is 16.0 Å². The van der Waals surface area contributed by atoms with Crippen molar-refractivity contribution in [1.82, 2.24) is 0 Å². The Hall–Kier alpha value is -2.53. The van der Waals surface area contributed by atoms with Crippen LogP contribution in [-0.2, 0) is 0 Å². The van der Waals surface area contributed by atoms with Gasteiger partial charge in [-0.05, 0) is 42.5 Å². The predicted octanol–water partition coefficient (Wildman–Crippen LogP) is 5.47. The fraction of sp³-hybridized carbons (Fsp3) is 0.300. The third-order valence-corrected chi connectivity index (χ3v) is 5.50. The summed E-state index contributed by atoms with van der Waals surface area (Å²) in [7, 11) is 0. The van der Waals surface area contributed by atoms with Crippen LogP contribution < -0.4 is 10.1 Å². The van der Waals surface area contributed by atoms with E-state index in [2.05, 4.69) is 23.5 Å². The van der Waals surface area contributed by atoms with E-state index in [0.29, 0.717) is 12.5 Å². The number of hydrogen-bond donors (Lipinski definition) is 1. The SMILES string of the molecule is CCOc1cccc2c1N[C@H](c1ccc(Cl)c([N+](=O)[O-])c1)[C@@H]1CC=C[C@H]21. The number of hydrogen-bond acceptors (Lipinski definition) is 4. The molecular formula is C20H19ClN2O3. The van der Waals surface area contributed by atoms with E-state index in [1.165, 1.54) is 5.56 Å². The van der Waals surface area contributed by atoms with Crippen LogP contribution in [0.5, 0.6) is 5.75 Å². The fourth-order valence-electron chi connectivity index (χ4n) is 4.06. The van der Waals surface area contributed by atoms with Gasteiger partial charge in [0.25, 0.3) is 5.69 Å². The number of nitrogens with one attached hydrogen (secondary N) is 1. The lowest BCUT2D eigenvalue weighted by molar-refractivity contribution is -0.384. The molecule has 134 valence electrons. The second kappa shape index (κ2) is 6.65. The van der Waals surface area contributed by atoms with Gasteiger partial charge in [-0.1, -0.05) is 42.0 Å². The molecule has 0 bridgehead atoms. The van der Waals surface area contributed by atoms with Gasteiger partial charge >= 0.3 is 0 Å². The third kappa shape index (κ3) is 2.72. The summed E-state index contributed by atoms with van der Waals surface area (Å²) in [5, 5.41) is 15.0. The number of nitro benzene ring substituents is 1. The van der Waals surface area contributed by atoms with E-state index in [1.807, 2.05) is 25.1 Å². The minimum Gasteiger partial charge on any atom is -0.492 e. The second-order valence-electron chi connectivity index (χ2n) is 6.60. The minimum absolute atomic E-state index is 0.0416. The molecule has 0 aromatic heterocycles. The quantitative estimate of drug-likeness (QED) is 0.440. The lowest BCUT2D eigenvalue weighted by atomic mass is 9.77. The Labute approximate surface area is 156 Å². The number of ether oxygens (including phenoxy) is 1. The van der Waals surface area contributed by atoms with Crippen molar-refractivity contribution in [3.8, 4) is 5.75 Å². The van der Waals surface area contributed by atoms with Crippen LogP contribution in [0.15, 0.2) is 48.6 Å². The van der Waals surface area contributed by atoms with Gasteiger partial charge in [-0.25, -0.2) is 0 Å². The Bertz CT molecular complexity index is 897. The van der Waals surface area contributed by atoms with Crippen LogP contribution >= 0.6 is 11.6 Å². The Morgan fingerprint density at radius 2 is 2.19 bits per heavy atom. The molecule has 2 aliphatic rings. The molecule has 1 aliphatic carbocycles. The molecule has 4 rings (SSSR count). The number of allylic oxidation sites excluding steroid dienone is 2. The summed E-state index contributed by atoms with van der Waals surface area (Å²) in [6.07, 6.45) is 5.35. The summed E-state index contributed by atoms with van der Waals surface area (Å²) in [6, 6.07) is 11.1. The van der Waals surface area contributed by atoms with Gasteiger partial charge in [0.2, 0.25) is 0 Å². The monoisotopic (exact) mass is 370 g/mol. The van der Waals surface area contributed by atoms with Gasteiger partial charge < -0.3 is 10.1 Å². The van der Waals surface area contributed by atoms with E-state index in [4.69, 9.17) is 16.3 Å². The highest BCUT2D eigenvalue weighted by atomic mass is 35.5. The van der Waals surface area contributed by atoms with Crippen LogP contribution in [0.2, 0.25) is 5.02 Å². The number of anilines is 1. The highest BCUT2D eigenvalue weighted by Gasteiger charge is 2.39. The average Bonchev–Trinajstić information content (AvgIpc) is 3.12. The molecule has 0 spiro atoms. The number of nitrogens with zero attached hydrogens (tertiary/aromatic N) is 1. The molecule has 26 heavy (non-hydrogen) atoms. The first-order valence-corrected chi connectivity index (χ1v) is 9.10. The molecule has 0 saturated carbocycles. The Morgan fingerprint density at radius 1 is 1.35 bits per heavy atom. The van der Waals surface area contributed by atoms with Gasteiger partial charge in [0.15, 0.2) is 0 Å². The second-order valence-corrected chi connectivity index (χ2v) is 7.00. The first kappa shape index (κ1) is 16.9. The summed E-state index contributed by atoms with van der Waals surface area (Å²) in [4.78, 5) is 10.9. The van der Waals surface area contributed by atoms with Crippen molar-refractivity contribution in [3.63, 3.8) is 0 Å². The van der Waals surface area contributed by atoms with Crippen LogP contribution in [0.3, 0.4) is 0 Å². The normalized spacial score (nSPS) is 23.1. The van der Waals surface area contributed by atoms with Crippen LogP contribution in [0.4, 0.5) is 11.4 Å². The zero-order chi connectivity index (χ0) is 18.3. The summed E-state index contributed by atoms with van der Waals surface area (Å²) in [6.45, 7) is 2.54. The number of para-hydroxylation sites is 1. The lowest BCUT2D eigenvalue weighted by Gasteiger charge is -2.38. The van der Waals surface area contributed by atoms with Crippen molar-refractivity contribution < 1.29 is 9.66 Å². The van der Waals surface area contributed by atoms with Crippen LogP contribution in [0.25, 0.3) is 0 Å². The van der Waals surface area contributed by atoms with Gasteiger partial charge in [-0.2, -0.15) is 0 Å². The molecule has 1 heterocycles. The Balaban J connectivity index is 1.80. The Kier molecular flexibility index (Phi) is 4.32. The zero-order valence-electron chi connectivity index (χ0n) is 14.3. The maximum atomic E-state index is 11.3. The number of benzene rings is 2. The van der Waals surface area contributed by atoms with Gasteiger partial charge in [0.1, 0.15) is 10.8 Å². The lowest BCUT2D eigenvalue weighted by Crippen LogP contribution is -2.29. The average molecular weight is 371 g/mol. The molecule has 2 aromatic rings. The standard InChI is InChI=1S/C20H19ClN2O3/c1-2-26-18-8-4-7-15-13-5-3-6-14(13)19(22-20(15)18)12-9-10-16(21)17(11-12)23(24)25/h3-5,7-11,13-14,19,22H,2,6H2,1H3/t13-,14+,19+/m0/s1. The molecule has 0 radical (unpaired) electrons. The molecule has 5 nitrogen and oxygen atoms in total. The van der Waals surface area contributed by atoms with E-state index >= 15 is 0 Å². The maximum absolute atomic E-state index is 11.3. The van der Waals surface area contributed by atoms with Crippen molar-refractivity contribution in [1.29, 1.82) is 0 Å². The molecule has 1 N–H and O–H groups in total. The summed E-state index contributed by atoms with van der Waals surface area (Å²) >= 11 is 5.99. The van der Waals surface area contributed by atoms with Crippen LogP contribution in [0.1, 0.15) is 36.4 Å². The molecule has 2 aromatic carbocycles. The highest BCUT2D eigenvalue weighted by Crippen LogP contribution is 2.52. The molecule has 3 atom stereocenters. The van der Waals surface area contributed by atoms with E-state index in [0.717, 1.165) is 23.4 Å². The van der Waals surface area contributed by atoms with Crippen molar-refractivity contribution >= 4 is 23.0 Å². The summed E-state index contributed by atoms with van der Waals surface area (Å²) < 4.78 is 5.80. The molecule has 0 amide bonds. The molecule has 0 fully saturated rings. The first-order chi connectivity index (χ1) is 12.6. The molecule has 1 aliphatic heterocycles. The number of halogens is 1. The third-order valence-electron chi connectivity index (χ3n) is 5.18. The summed E-state index contributed by atoms with van der Waals surface area (Å²) in [5.74, 6) is 1.39. The van der Waals surface area contributed by atoms with Crippen molar-refractivity contribution in [2.24, 2.45) is 5.92 Å². The fourth-order valence-corrected chi connectivity index (χ4v) is 4.25. The van der Waals surface area contributed by atoms with Crippen molar-refractivity contribution in [2.45, 2.75) is 25.3 Å². The number of rotatable bonds is 4. The first-order valence-electron chi connectivity index (χ1n) is 8.73. The predicted molar refractivity (Wildman–Crippen MR) is 102 cm³/mol. The van der Waals surface area contributed by atoms with Gasteiger partial charge in [-0.15, -0.1) is 0 Å². The smallest absolute Gasteiger partial charge is 0.288 e. The van der Waals surface area contributed by atoms with Crippen molar-refractivity contribution in [2.75, 3.05) is 11.9 Å².